The first kappa shape index (κ1) is 11.4. The van der Waals surface area contributed by atoms with Gasteiger partial charge in [0.1, 0.15) is 5.75 Å². The van der Waals surface area contributed by atoms with Gasteiger partial charge >= 0.3 is 0 Å². The first-order chi connectivity index (χ1) is 8.69. The largest absolute Gasteiger partial charge is 0.497 e. The van der Waals surface area contributed by atoms with Crippen LogP contribution in [0.25, 0.3) is 11.3 Å². The van der Waals surface area contributed by atoms with Crippen LogP contribution in [0, 0.1) is 0 Å². The molecule has 3 heteroatoms. The molecule has 18 heavy (non-hydrogen) atoms. The van der Waals surface area contributed by atoms with Gasteiger partial charge in [-0.2, -0.15) is 0 Å². The van der Waals surface area contributed by atoms with Crippen molar-refractivity contribution in [1.29, 1.82) is 0 Å². The molecule has 0 saturated carbocycles. The lowest BCUT2D eigenvalue weighted by Gasteiger charge is -2.11. The lowest BCUT2D eigenvalue weighted by molar-refractivity contribution is 0.174. The second-order valence-corrected chi connectivity index (χ2v) is 4.89. The Morgan fingerprint density at radius 3 is 2.89 bits per heavy atom. The molecule has 3 rings (SSSR count). The Hall–Kier alpha value is -1.74. The minimum atomic E-state index is -0.330. The topological polar surface area (TPSA) is 34.4 Å². The van der Waals surface area contributed by atoms with Crippen molar-refractivity contribution in [1.82, 2.24) is 4.57 Å². The summed E-state index contributed by atoms with van der Waals surface area (Å²) >= 11 is 0. The van der Waals surface area contributed by atoms with E-state index in [0.29, 0.717) is 6.54 Å². The lowest BCUT2D eigenvalue weighted by atomic mass is 10.1. The third-order valence-corrected chi connectivity index (χ3v) is 3.46. The van der Waals surface area contributed by atoms with Gasteiger partial charge in [0.2, 0.25) is 0 Å². The van der Waals surface area contributed by atoms with Crippen LogP contribution in [0.5, 0.6) is 5.75 Å². The molecule has 0 saturated heterocycles. The molecule has 0 bridgehead atoms. The molecule has 1 unspecified atom stereocenters. The van der Waals surface area contributed by atoms with E-state index in [9.17, 15) is 5.11 Å². The minimum Gasteiger partial charge on any atom is -0.497 e. The predicted octanol–water partition coefficient (Wildman–Crippen LogP) is 2.45. The summed E-state index contributed by atoms with van der Waals surface area (Å²) in [6, 6.07) is 8.35. The molecule has 2 aromatic rings. The van der Waals surface area contributed by atoms with Crippen molar-refractivity contribution in [2.24, 2.45) is 0 Å². The van der Waals surface area contributed by atoms with Crippen LogP contribution in [0.2, 0.25) is 0 Å². The Kier molecular flexibility index (Phi) is 2.63. The van der Waals surface area contributed by atoms with E-state index in [0.717, 1.165) is 12.2 Å². The van der Waals surface area contributed by atoms with E-state index < -0.39 is 0 Å². The van der Waals surface area contributed by atoms with E-state index in [1.54, 1.807) is 7.11 Å². The average molecular weight is 243 g/mol. The van der Waals surface area contributed by atoms with Crippen molar-refractivity contribution in [2.45, 2.75) is 26.0 Å². The van der Waals surface area contributed by atoms with Gasteiger partial charge in [0.25, 0.3) is 0 Å². The Morgan fingerprint density at radius 1 is 1.33 bits per heavy atom. The molecule has 3 nitrogen and oxygen atoms in total. The highest BCUT2D eigenvalue weighted by molar-refractivity contribution is 5.75. The van der Waals surface area contributed by atoms with E-state index >= 15 is 0 Å². The summed E-state index contributed by atoms with van der Waals surface area (Å²) in [7, 11) is 1.69. The zero-order chi connectivity index (χ0) is 12.7. The predicted molar refractivity (Wildman–Crippen MR) is 70.9 cm³/mol. The molecular formula is C15H17NO2. The number of hydrogen-bond acceptors (Lipinski definition) is 2. The van der Waals surface area contributed by atoms with Gasteiger partial charge in [-0.25, -0.2) is 0 Å². The maximum atomic E-state index is 9.54. The fraction of sp³-hybridized carbons (Fsp3) is 0.333. The standard InChI is InChI=1S/C15H17NO2/c1-10(17)9-16-6-5-11-7-12-8-13(18-2)3-4-14(12)15(11)16/h3-6,8,10,17H,7,9H2,1-2H3. The molecule has 0 aliphatic heterocycles. The fourth-order valence-electron chi connectivity index (χ4n) is 2.70. The molecule has 1 heterocycles. The molecule has 1 atom stereocenters. The average Bonchev–Trinajstić information content (AvgIpc) is 2.87. The number of rotatable bonds is 3. The van der Waals surface area contributed by atoms with Crippen LogP contribution in [0.3, 0.4) is 0 Å². The number of aliphatic hydroxyl groups is 1. The van der Waals surface area contributed by atoms with Crippen LogP contribution >= 0.6 is 0 Å². The van der Waals surface area contributed by atoms with Crippen LogP contribution < -0.4 is 4.74 Å². The molecule has 1 N–H and O–H groups in total. The van der Waals surface area contributed by atoms with Crippen molar-refractivity contribution < 1.29 is 9.84 Å². The Balaban J connectivity index is 2.05. The van der Waals surface area contributed by atoms with E-state index in [1.165, 1.54) is 22.4 Å². The van der Waals surface area contributed by atoms with Gasteiger partial charge in [0.15, 0.2) is 0 Å². The summed E-state index contributed by atoms with van der Waals surface area (Å²) in [6.07, 6.45) is 2.68. The van der Waals surface area contributed by atoms with Gasteiger partial charge in [-0.15, -0.1) is 0 Å². The van der Waals surface area contributed by atoms with Crippen molar-refractivity contribution in [2.75, 3.05) is 7.11 Å². The van der Waals surface area contributed by atoms with E-state index in [2.05, 4.69) is 29.0 Å². The van der Waals surface area contributed by atoms with Gasteiger partial charge in [-0.05, 0) is 42.3 Å². The minimum absolute atomic E-state index is 0.330. The van der Waals surface area contributed by atoms with Crippen LogP contribution in [-0.2, 0) is 13.0 Å². The van der Waals surface area contributed by atoms with Crippen molar-refractivity contribution in [3.05, 3.63) is 41.6 Å². The first-order valence-electron chi connectivity index (χ1n) is 6.22. The first-order valence-corrected chi connectivity index (χ1v) is 6.22. The molecule has 0 fully saturated rings. The molecule has 1 aromatic heterocycles. The maximum Gasteiger partial charge on any atom is 0.119 e. The number of aliphatic hydroxyl groups excluding tert-OH is 1. The smallest absolute Gasteiger partial charge is 0.119 e. The van der Waals surface area contributed by atoms with Gasteiger partial charge in [0, 0.05) is 24.7 Å². The molecule has 0 radical (unpaired) electrons. The molecule has 0 spiro atoms. The van der Waals surface area contributed by atoms with Crippen LogP contribution in [0.4, 0.5) is 0 Å². The molecule has 94 valence electrons. The van der Waals surface area contributed by atoms with Gasteiger partial charge < -0.3 is 14.4 Å². The van der Waals surface area contributed by atoms with Crippen LogP contribution in [0.15, 0.2) is 30.5 Å². The summed E-state index contributed by atoms with van der Waals surface area (Å²) in [5, 5.41) is 9.54. The number of fused-ring (bicyclic) bond motifs is 3. The highest BCUT2D eigenvalue weighted by atomic mass is 16.5. The summed E-state index contributed by atoms with van der Waals surface area (Å²) in [5.41, 5.74) is 5.14. The third kappa shape index (κ3) is 1.71. The second kappa shape index (κ2) is 4.18. The van der Waals surface area contributed by atoms with Gasteiger partial charge in [-0.3, -0.25) is 0 Å². The van der Waals surface area contributed by atoms with E-state index in [1.807, 2.05) is 13.0 Å². The Morgan fingerprint density at radius 2 is 2.17 bits per heavy atom. The SMILES string of the molecule is COc1ccc2c(c1)Cc1ccn(CC(C)O)c1-2. The number of ether oxygens (including phenoxy) is 1. The van der Waals surface area contributed by atoms with Crippen LogP contribution in [-0.4, -0.2) is 22.9 Å². The van der Waals surface area contributed by atoms with Crippen molar-refractivity contribution in [3.8, 4) is 17.0 Å². The van der Waals surface area contributed by atoms with Gasteiger partial charge in [-0.1, -0.05) is 0 Å². The monoisotopic (exact) mass is 243 g/mol. The highest BCUT2D eigenvalue weighted by Gasteiger charge is 2.22. The molecule has 0 amide bonds. The summed E-state index contributed by atoms with van der Waals surface area (Å²) < 4.78 is 7.40. The van der Waals surface area contributed by atoms with Crippen LogP contribution in [0.1, 0.15) is 18.1 Å². The zero-order valence-electron chi connectivity index (χ0n) is 10.7. The highest BCUT2D eigenvalue weighted by Crippen LogP contribution is 2.39. The third-order valence-electron chi connectivity index (χ3n) is 3.46. The number of nitrogens with zero attached hydrogens (tertiary/aromatic N) is 1. The zero-order valence-corrected chi connectivity index (χ0v) is 10.7. The molecule has 1 aliphatic carbocycles. The summed E-state index contributed by atoms with van der Waals surface area (Å²) in [5.74, 6) is 0.904. The summed E-state index contributed by atoms with van der Waals surface area (Å²) in [4.78, 5) is 0. The normalized spacial score (nSPS) is 14.2. The van der Waals surface area contributed by atoms with Crippen molar-refractivity contribution >= 4 is 0 Å². The quantitative estimate of drug-likeness (QED) is 0.766. The fourth-order valence-corrected chi connectivity index (χ4v) is 2.70. The molecular weight excluding hydrogens is 226 g/mol. The Bertz CT molecular complexity index is 584. The van der Waals surface area contributed by atoms with E-state index in [4.69, 9.17) is 4.74 Å². The molecule has 1 aromatic carbocycles. The number of hydrogen-bond donors (Lipinski definition) is 1. The maximum absolute atomic E-state index is 9.54. The Labute approximate surface area is 107 Å². The van der Waals surface area contributed by atoms with Gasteiger partial charge in [0.05, 0.1) is 18.9 Å². The van der Waals surface area contributed by atoms with E-state index in [-0.39, 0.29) is 6.10 Å². The number of methoxy groups -OCH3 is 1. The summed E-state index contributed by atoms with van der Waals surface area (Å²) in [6.45, 7) is 2.46. The lowest BCUT2D eigenvalue weighted by Crippen LogP contribution is -2.11. The second-order valence-electron chi connectivity index (χ2n) is 4.89. The molecule has 1 aliphatic rings. The number of benzene rings is 1. The van der Waals surface area contributed by atoms with Crippen molar-refractivity contribution in [3.63, 3.8) is 0 Å². The number of aromatic nitrogens is 1.